The quantitative estimate of drug-likeness (QED) is 0.705. The summed E-state index contributed by atoms with van der Waals surface area (Å²) in [5, 5.41) is 5.60. The second kappa shape index (κ2) is 6.52. The number of aromatic nitrogens is 1. The van der Waals surface area contributed by atoms with Gasteiger partial charge in [0.1, 0.15) is 0 Å². The lowest BCUT2D eigenvalue weighted by Crippen LogP contribution is -2.18. The lowest BCUT2D eigenvalue weighted by atomic mass is 10.0. The number of fused-ring (bicyclic) bond motifs is 1. The Morgan fingerprint density at radius 2 is 2.00 bits per heavy atom. The molecule has 0 saturated heterocycles. The Kier molecular flexibility index (Phi) is 4.28. The van der Waals surface area contributed by atoms with Crippen LogP contribution in [0.2, 0.25) is 0 Å². The van der Waals surface area contributed by atoms with Gasteiger partial charge in [-0.3, -0.25) is 0 Å². The molecule has 3 aromatic rings. The van der Waals surface area contributed by atoms with Crippen molar-refractivity contribution in [2.75, 3.05) is 20.3 Å². The van der Waals surface area contributed by atoms with Crippen LogP contribution in [0.25, 0.3) is 22.1 Å². The second-order valence-corrected chi connectivity index (χ2v) is 4.81. The highest BCUT2D eigenvalue weighted by molar-refractivity contribution is 5.95. The van der Waals surface area contributed by atoms with Crippen LogP contribution in [0.1, 0.15) is 5.89 Å². The van der Waals surface area contributed by atoms with E-state index < -0.39 is 0 Å². The van der Waals surface area contributed by atoms with Gasteiger partial charge in [-0.2, -0.15) is 0 Å². The topological polar surface area (TPSA) is 47.3 Å². The van der Waals surface area contributed by atoms with Crippen LogP contribution in [0.5, 0.6) is 0 Å². The molecule has 0 atom stereocenters. The van der Waals surface area contributed by atoms with E-state index >= 15 is 0 Å². The molecule has 1 N–H and O–H groups in total. The van der Waals surface area contributed by atoms with Crippen LogP contribution in [0.3, 0.4) is 0 Å². The van der Waals surface area contributed by atoms with Crippen LogP contribution < -0.4 is 5.32 Å². The van der Waals surface area contributed by atoms with Gasteiger partial charge >= 0.3 is 0 Å². The number of rotatable bonds is 6. The molecule has 1 heterocycles. The summed E-state index contributed by atoms with van der Waals surface area (Å²) < 4.78 is 10.8. The maximum Gasteiger partial charge on any atom is 0.208 e. The van der Waals surface area contributed by atoms with Crippen LogP contribution in [0.15, 0.2) is 53.1 Å². The lowest BCUT2D eigenvalue weighted by Gasteiger charge is -2.03. The minimum absolute atomic E-state index is 0.605. The normalized spacial score (nSPS) is 11.1. The van der Waals surface area contributed by atoms with Gasteiger partial charge in [0.05, 0.1) is 19.3 Å². The van der Waals surface area contributed by atoms with Crippen molar-refractivity contribution in [3.8, 4) is 11.3 Å². The predicted molar refractivity (Wildman–Crippen MR) is 83.0 cm³/mol. The van der Waals surface area contributed by atoms with Gasteiger partial charge < -0.3 is 14.5 Å². The third kappa shape index (κ3) is 3.12. The average molecular weight is 282 g/mol. The Balaban J connectivity index is 1.81. The van der Waals surface area contributed by atoms with E-state index in [1.807, 2.05) is 18.2 Å². The second-order valence-electron chi connectivity index (χ2n) is 4.81. The molecule has 0 aliphatic rings. The van der Waals surface area contributed by atoms with Crippen molar-refractivity contribution in [2.24, 2.45) is 0 Å². The molecule has 0 saturated carbocycles. The number of methoxy groups -OCH3 is 1. The van der Waals surface area contributed by atoms with E-state index in [0.29, 0.717) is 19.0 Å². The summed E-state index contributed by atoms with van der Waals surface area (Å²) >= 11 is 0. The van der Waals surface area contributed by atoms with Gasteiger partial charge in [-0.25, -0.2) is 4.98 Å². The molecular formula is C17H18N2O2. The van der Waals surface area contributed by atoms with Crippen molar-refractivity contribution >= 4 is 10.8 Å². The maximum absolute atomic E-state index is 5.84. The highest BCUT2D eigenvalue weighted by Gasteiger charge is 2.09. The summed E-state index contributed by atoms with van der Waals surface area (Å²) in [6.45, 7) is 2.06. The van der Waals surface area contributed by atoms with Gasteiger partial charge in [0.2, 0.25) is 5.89 Å². The largest absolute Gasteiger partial charge is 0.439 e. The monoisotopic (exact) mass is 282 g/mol. The lowest BCUT2D eigenvalue weighted by molar-refractivity contribution is 0.198. The zero-order valence-corrected chi connectivity index (χ0v) is 12.0. The van der Waals surface area contributed by atoms with Gasteiger partial charge in [-0.05, 0) is 10.8 Å². The van der Waals surface area contributed by atoms with Crippen molar-refractivity contribution < 1.29 is 9.15 Å². The molecule has 0 spiro atoms. The molecule has 0 unspecified atom stereocenters. The summed E-state index contributed by atoms with van der Waals surface area (Å²) in [5.74, 6) is 1.49. The van der Waals surface area contributed by atoms with E-state index in [9.17, 15) is 0 Å². The number of hydrogen-bond donors (Lipinski definition) is 1. The molecule has 4 heteroatoms. The summed E-state index contributed by atoms with van der Waals surface area (Å²) in [5.41, 5.74) is 1.07. The molecule has 0 aliphatic heterocycles. The van der Waals surface area contributed by atoms with Crippen LogP contribution in [0, 0.1) is 0 Å². The van der Waals surface area contributed by atoms with Crippen molar-refractivity contribution in [3.05, 3.63) is 54.6 Å². The fraction of sp³-hybridized carbons (Fsp3) is 0.235. The van der Waals surface area contributed by atoms with E-state index in [-0.39, 0.29) is 0 Å². The molecule has 0 bridgehead atoms. The highest BCUT2D eigenvalue weighted by Crippen LogP contribution is 2.28. The van der Waals surface area contributed by atoms with Crippen molar-refractivity contribution in [3.63, 3.8) is 0 Å². The first-order chi connectivity index (χ1) is 10.4. The fourth-order valence-corrected chi connectivity index (χ4v) is 2.33. The predicted octanol–water partition coefficient (Wildman–Crippen LogP) is 3.23. The van der Waals surface area contributed by atoms with Crippen molar-refractivity contribution in [1.82, 2.24) is 10.3 Å². The molecule has 0 fully saturated rings. The molecule has 0 aliphatic carbocycles. The van der Waals surface area contributed by atoms with Crippen LogP contribution in [0.4, 0.5) is 0 Å². The van der Waals surface area contributed by atoms with E-state index in [0.717, 1.165) is 17.9 Å². The third-order valence-electron chi connectivity index (χ3n) is 3.37. The average Bonchev–Trinajstić information content (AvgIpc) is 3.00. The zero-order valence-electron chi connectivity index (χ0n) is 12.0. The minimum Gasteiger partial charge on any atom is -0.439 e. The van der Waals surface area contributed by atoms with Crippen LogP contribution in [-0.2, 0) is 11.3 Å². The molecule has 2 aromatic carbocycles. The fourth-order valence-electron chi connectivity index (χ4n) is 2.33. The molecular weight excluding hydrogens is 264 g/mol. The number of benzene rings is 2. The van der Waals surface area contributed by atoms with E-state index in [4.69, 9.17) is 9.15 Å². The zero-order chi connectivity index (χ0) is 14.5. The number of oxazole rings is 1. The summed E-state index contributed by atoms with van der Waals surface area (Å²) in [4.78, 5) is 4.33. The third-order valence-corrected chi connectivity index (χ3v) is 3.37. The summed E-state index contributed by atoms with van der Waals surface area (Å²) in [6.07, 6.45) is 1.79. The van der Waals surface area contributed by atoms with Gasteiger partial charge in [0, 0.05) is 19.2 Å². The number of hydrogen-bond acceptors (Lipinski definition) is 4. The first kappa shape index (κ1) is 13.8. The Bertz CT molecular complexity index is 716. The van der Waals surface area contributed by atoms with Crippen LogP contribution in [-0.4, -0.2) is 25.2 Å². The van der Waals surface area contributed by atoms with Gasteiger partial charge in [-0.15, -0.1) is 0 Å². The first-order valence-electron chi connectivity index (χ1n) is 7.01. The van der Waals surface area contributed by atoms with Crippen LogP contribution >= 0.6 is 0 Å². The van der Waals surface area contributed by atoms with Gasteiger partial charge in [0.25, 0.3) is 0 Å². The summed E-state index contributed by atoms with van der Waals surface area (Å²) in [7, 11) is 1.69. The molecule has 21 heavy (non-hydrogen) atoms. The Morgan fingerprint density at radius 3 is 2.90 bits per heavy atom. The van der Waals surface area contributed by atoms with Crippen molar-refractivity contribution in [2.45, 2.75) is 6.54 Å². The Labute approximate surface area is 123 Å². The number of nitrogens with one attached hydrogen (secondary N) is 1. The smallest absolute Gasteiger partial charge is 0.208 e. The van der Waals surface area contributed by atoms with E-state index in [2.05, 4.69) is 34.6 Å². The minimum atomic E-state index is 0.605. The Morgan fingerprint density at radius 1 is 1.14 bits per heavy atom. The molecule has 0 amide bonds. The molecule has 4 nitrogen and oxygen atoms in total. The standard InChI is InChI=1S/C17H18N2O2/c1-20-10-9-18-12-17-19-11-16(21-17)15-8-4-6-13-5-2-3-7-14(13)15/h2-8,11,18H,9-10,12H2,1H3. The van der Waals surface area contributed by atoms with Crippen molar-refractivity contribution in [1.29, 1.82) is 0 Å². The molecule has 1 aromatic heterocycles. The first-order valence-corrected chi connectivity index (χ1v) is 7.01. The summed E-state index contributed by atoms with van der Waals surface area (Å²) in [6, 6.07) is 14.5. The van der Waals surface area contributed by atoms with E-state index in [1.165, 1.54) is 10.8 Å². The molecule has 0 radical (unpaired) electrons. The molecule has 3 rings (SSSR count). The van der Waals surface area contributed by atoms with Gasteiger partial charge in [0.15, 0.2) is 5.76 Å². The molecule has 108 valence electrons. The Hall–Kier alpha value is -2.17. The maximum atomic E-state index is 5.84. The number of ether oxygens (including phenoxy) is 1. The SMILES string of the molecule is COCCNCc1ncc(-c2cccc3ccccc23)o1. The van der Waals surface area contributed by atoms with Gasteiger partial charge in [-0.1, -0.05) is 42.5 Å². The van der Waals surface area contributed by atoms with E-state index in [1.54, 1.807) is 13.3 Å². The number of nitrogens with zero attached hydrogens (tertiary/aromatic N) is 1. The highest BCUT2D eigenvalue weighted by atomic mass is 16.5.